The summed E-state index contributed by atoms with van der Waals surface area (Å²) in [7, 11) is 0. The monoisotopic (exact) mass is 430 g/mol. The number of hydrogen-bond donors (Lipinski definition) is 1. The highest BCUT2D eigenvalue weighted by atomic mass is 32.2. The Morgan fingerprint density at radius 1 is 1.03 bits per heavy atom. The second-order valence-electron chi connectivity index (χ2n) is 6.16. The Morgan fingerprint density at radius 3 is 2.47 bits per heavy atom. The molecule has 0 amide bonds. The Hall–Kier alpha value is -3.47. The van der Waals surface area contributed by atoms with Crippen molar-refractivity contribution in [2.45, 2.75) is 23.9 Å². The molecule has 0 aliphatic rings. The van der Waals surface area contributed by atoms with Gasteiger partial charge in [0.15, 0.2) is 11.6 Å². The van der Waals surface area contributed by atoms with E-state index in [-0.39, 0.29) is 11.0 Å². The van der Waals surface area contributed by atoms with Crippen molar-refractivity contribution >= 4 is 11.8 Å². The fourth-order valence-electron chi connectivity index (χ4n) is 2.65. The summed E-state index contributed by atoms with van der Waals surface area (Å²) in [5, 5.41) is 12.5. The van der Waals surface area contributed by atoms with Crippen molar-refractivity contribution in [1.82, 2.24) is 25.0 Å². The number of ether oxygens (including phenoxy) is 1. The topological polar surface area (TPSA) is 105 Å². The van der Waals surface area contributed by atoms with Crippen LogP contribution >= 0.6 is 11.8 Å². The van der Waals surface area contributed by atoms with Crippen molar-refractivity contribution in [3.8, 4) is 28.6 Å². The molecule has 0 aliphatic carbocycles. The fourth-order valence-corrected chi connectivity index (χ4v) is 3.45. The molecule has 11 heteroatoms. The zero-order valence-corrected chi connectivity index (χ0v) is 16.5. The lowest BCUT2D eigenvalue weighted by Crippen LogP contribution is -2.12. The first kappa shape index (κ1) is 19.8. The predicted octanol–water partition coefficient (Wildman–Crippen LogP) is 4.16. The Bertz CT molecular complexity index is 1120. The van der Waals surface area contributed by atoms with Crippen LogP contribution in [0.3, 0.4) is 0 Å². The van der Waals surface area contributed by atoms with Gasteiger partial charge in [-0.3, -0.25) is 0 Å². The van der Waals surface area contributed by atoms with Gasteiger partial charge in [-0.2, -0.15) is 13.8 Å². The highest BCUT2D eigenvalue weighted by Crippen LogP contribution is 2.34. The minimum atomic E-state index is -2.88. The van der Waals surface area contributed by atoms with Crippen LogP contribution in [-0.4, -0.2) is 31.6 Å². The van der Waals surface area contributed by atoms with Crippen molar-refractivity contribution < 1.29 is 18.0 Å². The molecule has 154 valence electrons. The number of aromatic nitrogens is 5. The molecule has 1 atom stereocenters. The summed E-state index contributed by atoms with van der Waals surface area (Å²) in [5.41, 5.74) is 1.44. The van der Waals surface area contributed by atoms with E-state index in [0.29, 0.717) is 28.3 Å². The highest BCUT2D eigenvalue weighted by Gasteiger charge is 2.20. The summed E-state index contributed by atoms with van der Waals surface area (Å²) in [6.07, 6.45) is 0. The van der Waals surface area contributed by atoms with Gasteiger partial charge in [0.1, 0.15) is 5.75 Å². The normalized spacial score (nSPS) is 12.3. The van der Waals surface area contributed by atoms with Gasteiger partial charge in [0, 0.05) is 11.1 Å². The lowest BCUT2D eigenvalue weighted by molar-refractivity contribution is -0.0498. The molecule has 4 rings (SSSR count). The van der Waals surface area contributed by atoms with Crippen LogP contribution in [0, 0.1) is 0 Å². The fraction of sp³-hybridized carbons (Fsp3) is 0.158. The zero-order chi connectivity index (χ0) is 21.1. The molecule has 0 spiro atoms. The molecule has 0 fully saturated rings. The van der Waals surface area contributed by atoms with Gasteiger partial charge < -0.3 is 15.1 Å². The van der Waals surface area contributed by atoms with E-state index >= 15 is 0 Å². The third-order valence-corrected chi connectivity index (χ3v) is 5.16. The molecule has 0 aliphatic heterocycles. The molecular formula is C19H16F2N6O2S. The third-order valence-electron chi connectivity index (χ3n) is 4.11. The van der Waals surface area contributed by atoms with E-state index in [0.717, 1.165) is 5.56 Å². The minimum Gasteiger partial charge on any atom is -0.435 e. The van der Waals surface area contributed by atoms with Crippen molar-refractivity contribution in [2.75, 3.05) is 5.84 Å². The smallest absolute Gasteiger partial charge is 0.387 e. The van der Waals surface area contributed by atoms with E-state index in [1.54, 1.807) is 12.1 Å². The highest BCUT2D eigenvalue weighted by molar-refractivity contribution is 7.99. The number of halogens is 2. The van der Waals surface area contributed by atoms with E-state index in [1.165, 1.54) is 28.6 Å². The van der Waals surface area contributed by atoms with E-state index in [1.807, 2.05) is 37.3 Å². The SMILES string of the molecule is CC(Sc1nnc(-c2ccc(OC(F)F)cc2)n1N)c1noc(-c2ccccc2)n1. The predicted molar refractivity (Wildman–Crippen MR) is 106 cm³/mol. The molecule has 0 bridgehead atoms. The molecule has 4 aromatic rings. The molecule has 0 saturated carbocycles. The molecule has 8 nitrogen and oxygen atoms in total. The maximum atomic E-state index is 12.3. The van der Waals surface area contributed by atoms with E-state index in [4.69, 9.17) is 10.4 Å². The Kier molecular flexibility index (Phi) is 5.61. The molecule has 2 aromatic carbocycles. The van der Waals surface area contributed by atoms with Gasteiger partial charge in [-0.1, -0.05) is 35.1 Å². The molecule has 30 heavy (non-hydrogen) atoms. The van der Waals surface area contributed by atoms with Crippen LogP contribution in [0.5, 0.6) is 5.75 Å². The van der Waals surface area contributed by atoms with Crippen molar-refractivity contribution in [2.24, 2.45) is 0 Å². The van der Waals surface area contributed by atoms with Gasteiger partial charge in [0.05, 0.1) is 5.25 Å². The average Bonchev–Trinajstić information content (AvgIpc) is 3.37. The number of nitrogens with zero attached hydrogens (tertiary/aromatic N) is 5. The largest absolute Gasteiger partial charge is 0.435 e. The van der Waals surface area contributed by atoms with Crippen LogP contribution in [-0.2, 0) is 0 Å². The van der Waals surface area contributed by atoms with Gasteiger partial charge in [-0.25, -0.2) is 4.68 Å². The molecular weight excluding hydrogens is 414 g/mol. The number of benzene rings is 2. The summed E-state index contributed by atoms with van der Waals surface area (Å²) in [6, 6.07) is 15.4. The lowest BCUT2D eigenvalue weighted by atomic mass is 10.2. The van der Waals surface area contributed by atoms with E-state index in [2.05, 4.69) is 25.1 Å². The van der Waals surface area contributed by atoms with Crippen molar-refractivity contribution in [1.29, 1.82) is 0 Å². The third kappa shape index (κ3) is 4.25. The first-order chi connectivity index (χ1) is 14.5. The molecule has 2 heterocycles. The summed E-state index contributed by atoms with van der Waals surface area (Å²) in [4.78, 5) is 4.43. The quantitative estimate of drug-likeness (QED) is 0.344. The van der Waals surface area contributed by atoms with E-state index in [9.17, 15) is 8.78 Å². The number of hydrogen-bond acceptors (Lipinski definition) is 8. The van der Waals surface area contributed by atoms with Crippen molar-refractivity contribution in [3.05, 3.63) is 60.4 Å². The van der Waals surface area contributed by atoms with Crippen molar-refractivity contribution in [3.63, 3.8) is 0 Å². The first-order valence-electron chi connectivity index (χ1n) is 8.82. The minimum absolute atomic E-state index is 0.0476. The summed E-state index contributed by atoms with van der Waals surface area (Å²) < 4.78 is 35.6. The molecule has 0 saturated heterocycles. The Morgan fingerprint density at radius 2 is 1.77 bits per heavy atom. The number of rotatable bonds is 7. The number of nitrogen functional groups attached to an aromatic ring is 1. The first-order valence-corrected chi connectivity index (χ1v) is 9.70. The van der Waals surface area contributed by atoms with Gasteiger partial charge >= 0.3 is 6.61 Å². The molecule has 1 unspecified atom stereocenters. The summed E-state index contributed by atoms with van der Waals surface area (Å²) in [5.74, 6) is 7.49. The standard InChI is InChI=1S/C19H16F2N6O2S/c1-11(15-23-17(29-26-15)13-5-3-2-4-6-13)30-19-25-24-16(27(19)22)12-7-9-14(10-8-12)28-18(20)21/h2-11,18H,22H2,1H3. The Balaban J connectivity index is 1.48. The van der Waals surface area contributed by atoms with Gasteiger partial charge in [-0.05, 0) is 43.3 Å². The van der Waals surface area contributed by atoms with E-state index < -0.39 is 6.61 Å². The second-order valence-corrected chi connectivity index (χ2v) is 7.47. The van der Waals surface area contributed by atoms with Crippen LogP contribution < -0.4 is 10.6 Å². The second kappa shape index (κ2) is 8.49. The van der Waals surface area contributed by atoms with Crippen LogP contribution in [0.15, 0.2) is 64.3 Å². The van der Waals surface area contributed by atoms with Crippen LogP contribution in [0.1, 0.15) is 18.0 Å². The maximum Gasteiger partial charge on any atom is 0.387 e. The molecule has 0 radical (unpaired) electrons. The van der Waals surface area contributed by atoms with Crippen LogP contribution in [0.2, 0.25) is 0 Å². The van der Waals surface area contributed by atoms with Gasteiger partial charge in [0.25, 0.3) is 5.89 Å². The van der Waals surface area contributed by atoms with Gasteiger partial charge in [0.2, 0.25) is 5.16 Å². The average molecular weight is 430 g/mol. The molecule has 2 N–H and O–H groups in total. The number of thioether (sulfide) groups is 1. The zero-order valence-electron chi connectivity index (χ0n) is 15.6. The maximum absolute atomic E-state index is 12.3. The molecule has 2 aromatic heterocycles. The number of nitrogens with two attached hydrogens (primary N) is 1. The number of alkyl halides is 2. The van der Waals surface area contributed by atoms with Gasteiger partial charge in [-0.15, -0.1) is 10.2 Å². The lowest BCUT2D eigenvalue weighted by Gasteiger charge is -2.07. The summed E-state index contributed by atoms with van der Waals surface area (Å²) >= 11 is 1.31. The van der Waals surface area contributed by atoms with Crippen LogP contribution in [0.4, 0.5) is 8.78 Å². The Labute approximate surface area is 174 Å². The summed E-state index contributed by atoms with van der Waals surface area (Å²) in [6.45, 7) is -0.985. The van der Waals surface area contributed by atoms with Crippen LogP contribution in [0.25, 0.3) is 22.8 Å².